The number of benzene rings is 2. The van der Waals surface area contributed by atoms with Crippen molar-refractivity contribution in [3.63, 3.8) is 0 Å². The summed E-state index contributed by atoms with van der Waals surface area (Å²) in [7, 11) is 0. The summed E-state index contributed by atoms with van der Waals surface area (Å²) < 4.78 is 11.0. The van der Waals surface area contributed by atoms with Crippen LogP contribution in [0.2, 0.25) is 0 Å². The smallest absolute Gasteiger partial charge is 0.375 e. The molecule has 0 radical (unpaired) electrons. The monoisotopic (exact) mass is 406 g/mol. The maximum Gasteiger partial charge on any atom is 0.375 e. The van der Waals surface area contributed by atoms with E-state index >= 15 is 0 Å². The molecule has 6 heteroatoms. The first-order valence-corrected chi connectivity index (χ1v) is 9.17. The summed E-state index contributed by atoms with van der Waals surface area (Å²) in [6, 6.07) is 13.7. The number of fused-ring (bicyclic) bond motifs is 1. The van der Waals surface area contributed by atoms with E-state index in [-0.39, 0.29) is 18.3 Å². The van der Waals surface area contributed by atoms with Gasteiger partial charge in [0.15, 0.2) is 0 Å². The molecule has 3 rings (SSSR count). The SMILES string of the molecule is CCOC(=O)c1oc(O)c2cc(Br)c(SCc3ccccc3)cc12. The van der Waals surface area contributed by atoms with Crippen LogP contribution in [0.4, 0.5) is 0 Å². The Labute approximate surface area is 151 Å². The molecule has 4 nitrogen and oxygen atoms in total. The van der Waals surface area contributed by atoms with E-state index in [0.717, 1.165) is 15.1 Å². The largest absolute Gasteiger partial charge is 0.480 e. The number of halogens is 1. The van der Waals surface area contributed by atoms with Crippen LogP contribution < -0.4 is 0 Å². The Hall–Kier alpha value is -1.92. The topological polar surface area (TPSA) is 59.7 Å². The molecule has 1 heterocycles. The first kappa shape index (κ1) is 16.9. The molecule has 24 heavy (non-hydrogen) atoms. The van der Waals surface area contributed by atoms with Gasteiger partial charge in [0.2, 0.25) is 5.76 Å². The van der Waals surface area contributed by atoms with Crippen molar-refractivity contribution in [1.29, 1.82) is 0 Å². The third-order valence-corrected chi connectivity index (χ3v) is 5.49. The fourth-order valence-electron chi connectivity index (χ4n) is 2.32. The molecule has 0 unspecified atom stereocenters. The molecule has 124 valence electrons. The number of carbonyl (C=O) groups excluding carboxylic acids is 1. The molecule has 3 aromatic rings. The van der Waals surface area contributed by atoms with Crippen molar-refractivity contribution >= 4 is 44.4 Å². The van der Waals surface area contributed by atoms with E-state index in [1.54, 1.807) is 24.8 Å². The third kappa shape index (κ3) is 3.44. The minimum atomic E-state index is -0.580. The van der Waals surface area contributed by atoms with Crippen LogP contribution in [0.3, 0.4) is 0 Å². The number of hydrogen-bond donors (Lipinski definition) is 1. The summed E-state index contributed by atoms with van der Waals surface area (Å²) in [5.74, 6) is -0.0420. The van der Waals surface area contributed by atoms with Crippen LogP contribution in [-0.2, 0) is 10.5 Å². The van der Waals surface area contributed by atoms with E-state index in [1.807, 2.05) is 24.3 Å². The summed E-state index contributed by atoms with van der Waals surface area (Å²) in [6.45, 7) is 1.97. The van der Waals surface area contributed by atoms with Crippen molar-refractivity contribution in [2.24, 2.45) is 0 Å². The van der Waals surface area contributed by atoms with E-state index in [0.29, 0.717) is 10.8 Å². The number of ether oxygens (including phenoxy) is 1. The number of hydrogen-bond acceptors (Lipinski definition) is 5. The molecule has 1 aromatic heterocycles. The molecule has 0 saturated carbocycles. The van der Waals surface area contributed by atoms with E-state index < -0.39 is 5.97 Å². The van der Waals surface area contributed by atoms with Crippen LogP contribution >= 0.6 is 27.7 Å². The van der Waals surface area contributed by atoms with Crippen molar-refractivity contribution in [3.8, 4) is 5.95 Å². The molecule has 0 atom stereocenters. The molecule has 2 aromatic carbocycles. The Morgan fingerprint density at radius 1 is 1.25 bits per heavy atom. The standard InChI is InChI=1S/C18H15BrO4S/c1-2-22-18(21)16-12-9-15(14(19)8-13(12)17(20)23-16)24-10-11-6-4-3-5-7-11/h3-9,20H,2,10H2,1H3. The van der Waals surface area contributed by atoms with Crippen LogP contribution in [0.5, 0.6) is 5.95 Å². The Kier molecular flexibility index (Phi) is 5.16. The average Bonchev–Trinajstić information content (AvgIpc) is 2.90. The van der Waals surface area contributed by atoms with Crippen LogP contribution in [0.25, 0.3) is 10.8 Å². The summed E-state index contributed by atoms with van der Waals surface area (Å²) in [6.07, 6.45) is 0. The predicted molar refractivity (Wildman–Crippen MR) is 97.5 cm³/mol. The number of thioether (sulfide) groups is 1. The fourth-order valence-corrected chi connectivity index (χ4v) is 3.92. The lowest BCUT2D eigenvalue weighted by Gasteiger charge is -2.06. The van der Waals surface area contributed by atoms with Crippen molar-refractivity contribution in [3.05, 3.63) is 58.3 Å². The van der Waals surface area contributed by atoms with E-state index in [1.165, 1.54) is 5.56 Å². The Bertz CT molecular complexity index is 874. The highest BCUT2D eigenvalue weighted by Crippen LogP contribution is 2.39. The Balaban J connectivity index is 1.95. The van der Waals surface area contributed by atoms with Gasteiger partial charge in [-0.1, -0.05) is 30.3 Å². The fraction of sp³-hybridized carbons (Fsp3) is 0.167. The van der Waals surface area contributed by atoms with Gasteiger partial charge in [0.05, 0.1) is 12.0 Å². The van der Waals surface area contributed by atoms with Gasteiger partial charge >= 0.3 is 5.97 Å². The Morgan fingerprint density at radius 3 is 2.71 bits per heavy atom. The molecule has 1 N–H and O–H groups in total. The molecule has 0 aliphatic heterocycles. The first-order chi connectivity index (χ1) is 11.6. The number of rotatable bonds is 5. The first-order valence-electron chi connectivity index (χ1n) is 7.39. The van der Waals surface area contributed by atoms with Gasteiger partial charge in [-0.15, -0.1) is 11.8 Å². The number of aromatic hydroxyl groups is 1. The van der Waals surface area contributed by atoms with Gasteiger partial charge in [0.25, 0.3) is 5.95 Å². The normalized spacial score (nSPS) is 10.9. The van der Waals surface area contributed by atoms with Crippen molar-refractivity contribution in [1.82, 2.24) is 0 Å². The zero-order valence-corrected chi connectivity index (χ0v) is 15.3. The minimum Gasteiger partial charge on any atom is -0.480 e. The number of carbonyl (C=O) groups is 1. The summed E-state index contributed by atoms with van der Waals surface area (Å²) in [4.78, 5) is 13.0. The van der Waals surface area contributed by atoms with Crippen molar-refractivity contribution in [2.45, 2.75) is 17.6 Å². The van der Waals surface area contributed by atoms with Crippen molar-refractivity contribution in [2.75, 3.05) is 6.61 Å². The lowest BCUT2D eigenvalue weighted by molar-refractivity contribution is 0.0487. The van der Waals surface area contributed by atoms with Crippen LogP contribution in [0.15, 0.2) is 56.2 Å². The summed E-state index contributed by atoms with van der Waals surface area (Å²) in [5.41, 5.74) is 1.20. The third-order valence-electron chi connectivity index (χ3n) is 3.44. The molecule has 0 aliphatic carbocycles. The van der Waals surface area contributed by atoms with E-state index in [2.05, 4.69) is 28.1 Å². The van der Waals surface area contributed by atoms with Gasteiger partial charge in [-0.2, -0.15) is 0 Å². The number of furan rings is 1. The van der Waals surface area contributed by atoms with Crippen LogP contribution in [0.1, 0.15) is 23.0 Å². The van der Waals surface area contributed by atoms with Gasteiger partial charge in [-0.25, -0.2) is 4.79 Å². The second kappa shape index (κ2) is 7.32. The molecule has 0 amide bonds. The van der Waals surface area contributed by atoms with Crippen LogP contribution in [-0.4, -0.2) is 17.7 Å². The van der Waals surface area contributed by atoms with Gasteiger partial charge in [-0.05, 0) is 40.5 Å². The second-order valence-corrected chi connectivity index (χ2v) is 6.93. The summed E-state index contributed by atoms with van der Waals surface area (Å²) in [5, 5.41) is 11.0. The molecular formula is C18H15BrO4S. The van der Waals surface area contributed by atoms with Gasteiger partial charge < -0.3 is 14.3 Å². The highest BCUT2D eigenvalue weighted by atomic mass is 79.9. The minimum absolute atomic E-state index is 0.0263. The van der Waals surface area contributed by atoms with E-state index in [9.17, 15) is 9.90 Å². The van der Waals surface area contributed by atoms with Gasteiger partial charge in [0, 0.05) is 20.5 Å². The van der Waals surface area contributed by atoms with Gasteiger partial charge in [0.1, 0.15) is 0 Å². The van der Waals surface area contributed by atoms with Crippen LogP contribution in [0, 0.1) is 0 Å². The molecule has 0 aliphatic rings. The number of esters is 1. The Morgan fingerprint density at radius 2 is 2.00 bits per heavy atom. The second-order valence-electron chi connectivity index (χ2n) is 5.06. The van der Waals surface area contributed by atoms with E-state index in [4.69, 9.17) is 9.15 Å². The predicted octanol–water partition coefficient (Wildman–Crippen LogP) is 5.37. The molecule has 0 bridgehead atoms. The quantitative estimate of drug-likeness (QED) is 0.455. The maximum absolute atomic E-state index is 12.0. The van der Waals surface area contributed by atoms with Gasteiger partial charge in [-0.3, -0.25) is 0 Å². The molecule has 0 spiro atoms. The van der Waals surface area contributed by atoms with Crippen molar-refractivity contribution < 1.29 is 19.1 Å². The molecule has 0 fully saturated rings. The maximum atomic E-state index is 12.0. The highest BCUT2D eigenvalue weighted by molar-refractivity contribution is 9.10. The zero-order chi connectivity index (χ0) is 17.1. The molecule has 0 saturated heterocycles. The average molecular weight is 407 g/mol. The zero-order valence-electron chi connectivity index (χ0n) is 12.9. The lowest BCUT2D eigenvalue weighted by Crippen LogP contribution is -2.03. The highest BCUT2D eigenvalue weighted by Gasteiger charge is 2.21. The summed E-state index contributed by atoms with van der Waals surface area (Å²) >= 11 is 5.15. The lowest BCUT2D eigenvalue weighted by atomic mass is 10.2. The molecular weight excluding hydrogens is 392 g/mol.